The van der Waals surface area contributed by atoms with Gasteiger partial charge < -0.3 is 4.48 Å². The van der Waals surface area contributed by atoms with Gasteiger partial charge in [0, 0.05) is 0 Å². The van der Waals surface area contributed by atoms with Crippen molar-refractivity contribution in [3.05, 3.63) is 0 Å². The maximum atomic E-state index is 2.57. The van der Waals surface area contributed by atoms with Crippen LogP contribution in [0.4, 0.5) is 0 Å². The molecule has 0 spiro atoms. The van der Waals surface area contributed by atoms with Gasteiger partial charge in [-0.3, -0.25) is 0 Å². The van der Waals surface area contributed by atoms with Gasteiger partial charge in [-0.25, -0.2) is 0 Å². The Hall–Kier alpha value is -0.0400. The van der Waals surface area contributed by atoms with E-state index < -0.39 is 0 Å². The number of rotatable bonds is 17. The molecule has 1 atom stereocenters. The van der Waals surface area contributed by atoms with Gasteiger partial charge in [0.1, 0.15) is 0 Å². The van der Waals surface area contributed by atoms with E-state index in [0.29, 0.717) is 0 Å². The molecular formula is C22H48N+. The Labute approximate surface area is 148 Å². The van der Waals surface area contributed by atoms with Crippen molar-refractivity contribution in [1.82, 2.24) is 0 Å². The minimum absolute atomic E-state index is 0.868. The molecule has 0 amide bonds. The van der Waals surface area contributed by atoms with Gasteiger partial charge in [-0.15, -0.1) is 0 Å². The summed E-state index contributed by atoms with van der Waals surface area (Å²) in [5, 5.41) is 0. The molecule has 0 aromatic heterocycles. The van der Waals surface area contributed by atoms with Gasteiger partial charge in [0.2, 0.25) is 0 Å². The van der Waals surface area contributed by atoms with Crippen LogP contribution in [-0.2, 0) is 0 Å². The van der Waals surface area contributed by atoms with Crippen LogP contribution in [0.3, 0.4) is 0 Å². The lowest BCUT2D eigenvalue weighted by atomic mass is 10.0. The fourth-order valence-electron chi connectivity index (χ4n) is 3.99. The number of quaternary nitrogens is 1. The van der Waals surface area contributed by atoms with Crippen molar-refractivity contribution in [3.8, 4) is 0 Å². The van der Waals surface area contributed by atoms with Crippen LogP contribution in [0.1, 0.15) is 118 Å². The van der Waals surface area contributed by atoms with Gasteiger partial charge >= 0.3 is 0 Å². The smallest absolute Gasteiger partial charge is 0.0861 e. The van der Waals surface area contributed by atoms with Crippen molar-refractivity contribution in [3.63, 3.8) is 0 Å². The molecule has 0 aliphatic rings. The zero-order valence-corrected chi connectivity index (χ0v) is 17.3. The van der Waals surface area contributed by atoms with Crippen LogP contribution < -0.4 is 0 Å². The molecule has 0 aliphatic carbocycles. The Bertz CT molecular complexity index is 210. The Morgan fingerprint density at radius 3 is 1.22 bits per heavy atom. The second kappa shape index (κ2) is 15.5. The van der Waals surface area contributed by atoms with Gasteiger partial charge in [-0.2, -0.15) is 0 Å². The summed E-state index contributed by atoms with van der Waals surface area (Å²) in [6.07, 6.45) is 18.3. The summed E-state index contributed by atoms with van der Waals surface area (Å²) in [5.74, 6) is 0. The van der Waals surface area contributed by atoms with Crippen molar-refractivity contribution < 1.29 is 4.48 Å². The second-order valence-electron chi connectivity index (χ2n) is 7.86. The first-order chi connectivity index (χ1) is 11.2. The monoisotopic (exact) mass is 326 g/mol. The third-order valence-electron chi connectivity index (χ3n) is 5.78. The predicted molar refractivity (Wildman–Crippen MR) is 107 cm³/mol. The molecule has 0 aromatic carbocycles. The molecule has 140 valence electrons. The maximum absolute atomic E-state index is 2.57. The third-order valence-corrected chi connectivity index (χ3v) is 5.78. The van der Waals surface area contributed by atoms with Gasteiger partial charge in [-0.1, -0.05) is 59.8 Å². The molecular weight excluding hydrogens is 278 g/mol. The normalized spacial score (nSPS) is 13.4. The van der Waals surface area contributed by atoms with Gasteiger partial charge in [0.05, 0.1) is 25.7 Å². The molecule has 0 fully saturated rings. The average molecular weight is 327 g/mol. The second-order valence-corrected chi connectivity index (χ2v) is 7.86. The van der Waals surface area contributed by atoms with Crippen molar-refractivity contribution in [2.75, 3.05) is 19.6 Å². The highest BCUT2D eigenvalue weighted by Crippen LogP contribution is 2.24. The molecule has 0 aromatic rings. The Morgan fingerprint density at radius 2 is 0.870 bits per heavy atom. The van der Waals surface area contributed by atoms with Crippen LogP contribution in [0.25, 0.3) is 0 Å². The molecule has 0 heterocycles. The zero-order chi connectivity index (χ0) is 17.4. The lowest BCUT2D eigenvalue weighted by molar-refractivity contribution is -0.950. The van der Waals surface area contributed by atoms with E-state index >= 15 is 0 Å². The van der Waals surface area contributed by atoms with E-state index in [0.717, 1.165) is 6.04 Å². The van der Waals surface area contributed by atoms with E-state index in [1.54, 1.807) is 0 Å². The number of unbranched alkanes of at least 4 members (excludes halogenated alkanes) is 8. The van der Waals surface area contributed by atoms with Crippen LogP contribution in [0.15, 0.2) is 0 Å². The highest BCUT2D eigenvalue weighted by molar-refractivity contribution is 4.59. The highest BCUT2D eigenvalue weighted by atomic mass is 15.4. The molecule has 1 heteroatoms. The minimum atomic E-state index is 0.868. The van der Waals surface area contributed by atoms with Gasteiger partial charge in [0.25, 0.3) is 0 Å². The molecule has 0 rings (SSSR count). The van der Waals surface area contributed by atoms with Gasteiger partial charge in [0.15, 0.2) is 0 Å². The van der Waals surface area contributed by atoms with Crippen LogP contribution in [-0.4, -0.2) is 30.2 Å². The lowest BCUT2D eigenvalue weighted by Gasteiger charge is -2.44. The maximum Gasteiger partial charge on any atom is 0.0861 e. The quantitative estimate of drug-likeness (QED) is 0.194. The Morgan fingerprint density at radius 1 is 0.522 bits per heavy atom. The fourth-order valence-corrected chi connectivity index (χ4v) is 3.99. The summed E-state index contributed by atoms with van der Waals surface area (Å²) in [4.78, 5) is 0. The van der Waals surface area contributed by atoms with Crippen LogP contribution in [0, 0.1) is 0 Å². The van der Waals surface area contributed by atoms with Crippen LogP contribution in [0.5, 0.6) is 0 Å². The third kappa shape index (κ3) is 10.4. The summed E-state index contributed by atoms with van der Waals surface area (Å²) in [6, 6.07) is 0.868. The Balaban J connectivity index is 4.83. The summed E-state index contributed by atoms with van der Waals surface area (Å²) >= 11 is 0. The molecule has 1 unspecified atom stereocenters. The predicted octanol–water partition coefficient (Wildman–Crippen LogP) is 7.34. The summed E-state index contributed by atoms with van der Waals surface area (Å²) in [5.41, 5.74) is 0. The highest BCUT2D eigenvalue weighted by Gasteiger charge is 2.32. The first-order valence-electron chi connectivity index (χ1n) is 11.0. The largest absolute Gasteiger partial charge is 0.321 e. The first-order valence-corrected chi connectivity index (χ1v) is 11.0. The SMILES string of the molecule is CCCCCC(C)[N+](CCCCC)(CCCCC)CCCCC. The molecule has 0 saturated heterocycles. The summed E-state index contributed by atoms with van der Waals surface area (Å²) in [6.45, 7) is 16.2. The minimum Gasteiger partial charge on any atom is -0.321 e. The van der Waals surface area contributed by atoms with Gasteiger partial charge in [-0.05, 0) is 58.3 Å². The molecule has 0 radical (unpaired) electrons. The van der Waals surface area contributed by atoms with E-state index in [9.17, 15) is 0 Å². The van der Waals surface area contributed by atoms with Crippen molar-refractivity contribution in [1.29, 1.82) is 0 Å². The fraction of sp³-hybridized carbons (Fsp3) is 1.00. The van der Waals surface area contributed by atoms with E-state index in [1.807, 2.05) is 0 Å². The molecule has 0 saturated carbocycles. The number of nitrogens with zero attached hydrogens (tertiary/aromatic N) is 1. The van der Waals surface area contributed by atoms with Crippen molar-refractivity contribution in [2.45, 2.75) is 124 Å². The first kappa shape index (κ1) is 23.0. The van der Waals surface area contributed by atoms with Crippen molar-refractivity contribution in [2.24, 2.45) is 0 Å². The molecule has 0 N–H and O–H groups in total. The lowest BCUT2D eigenvalue weighted by Crippen LogP contribution is -2.56. The average Bonchev–Trinajstić information content (AvgIpc) is 2.55. The van der Waals surface area contributed by atoms with Crippen LogP contribution in [0.2, 0.25) is 0 Å². The summed E-state index contributed by atoms with van der Waals surface area (Å²) in [7, 11) is 0. The topological polar surface area (TPSA) is 0 Å². The molecule has 0 aliphatic heterocycles. The number of hydrogen-bond acceptors (Lipinski definition) is 0. The Kier molecular flexibility index (Phi) is 15.5. The van der Waals surface area contributed by atoms with Crippen molar-refractivity contribution >= 4 is 0 Å². The van der Waals surface area contributed by atoms with E-state index in [2.05, 4.69) is 34.6 Å². The summed E-state index contributed by atoms with van der Waals surface area (Å²) < 4.78 is 1.43. The molecule has 0 bridgehead atoms. The number of hydrogen-bond donors (Lipinski definition) is 0. The van der Waals surface area contributed by atoms with E-state index in [4.69, 9.17) is 0 Å². The van der Waals surface area contributed by atoms with Crippen LogP contribution >= 0.6 is 0 Å². The van der Waals surface area contributed by atoms with E-state index in [1.165, 1.54) is 108 Å². The molecule has 23 heavy (non-hydrogen) atoms. The standard InChI is InChI=1S/C22H48N/c1-6-10-14-18-22(5)23(19-15-11-7-2,20-16-12-8-3)21-17-13-9-4/h22H,6-21H2,1-5H3/q+1. The van der Waals surface area contributed by atoms with E-state index in [-0.39, 0.29) is 0 Å². The molecule has 1 nitrogen and oxygen atoms in total. The zero-order valence-electron chi connectivity index (χ0n) is 17.3.